The monoisotopic (exact) mass is 262 g/mol. The molecule has 19 heavy (non-hydrogen) atoms. The number of aliphatic hydroxyl groups is 1. The minimum Gasteiger partial charge on any atom is -0.495 e. The molecule has 1 aromatic heterocycles. The molecule has 1 heterocycles. The van der Waals surface area contributed by atoms with Gasteiger partial charge in [-0.15, -0.1) is 5.10 Å². The summed E-state index contributed by atoms with van der Waals surface area (Å²) in [6.45, 7) is -0.181. The Morgan fingerprint density at radius 3 is 2.95 bits per heavy atom. The van der Waals surface area contributed by atoms with E-state index in [1.54, 1.807) is 18.2 Å². The van der Waals surface area contributed by atoms with E-state index < -0.39 is 0 Å². The van der Waals surface area contributed by atoms with Crippen molar-refractivity contribution in [2.45, 2.75) is 13.2 Å². The average molecular weight is 262 g/mol. The predicted octanol–water partition coefficient (Wildman–Crippen LogP) is 0.418. The fraction of sp³-hybridized carbons (Fsp3) is 0.250. The largest absolute Gasteiger partial charge is 0.495 e. The van der Waals surface area contributed by atoms with Crippen molar-refractivity contribution in [3.8, 4) is 5.75 Å². The number of methoxy groups -OCH3 is 1. The maximum atomic E-state index is 11.8. The highest BCUT2D eigenvalue weighted by Gasteiger charge is 2.08. The van der Waals surface area contributed by atoms with E-state index in [-0.39, 0.29) is 19.1 Å². The molecule has 2 rings (SSSR count). The molecule has 0 saturated carbocycles. The second kappa shape index (κ2) is 5.96. The molecule has 100 valence electrons. The van der Waals surface area contributed by atoms with Gasteiger partial charge in [-0.1, -0.05) is 17.3 Å². The summed E-state index contributed by atoms with van der Waals surface area (Å²) in [5.74, 6) is 0.337. The van der Waals surface area contributed by atoms with Crippen molar-refractivity contribution in [3.63, 3.8) is 0 Å². The highest BCUT2D eigenvalue weighted by atomic mass is 16.5. The van der Waals surface area contributed by atoms with Crippen molar-refractivity contribution in [1.82, 2.24) is 15.0 Å². The summed E-state index contributed by atoms with van der Waals surface area (Å²) in [5, 5.41) is 19.0. The molecule has 0 spiro atoms. The number of carbonyl (C=O) groups is 1. The number of para-hydroxylation sites is 2. The third-order valence-corrected chi connectivity index (χ3v) is 2.43. The minimum atomic E-state index is -0.251. The van der Waals surface area contributed by atoms with Crippen LogP contribution in [0.4, 0.5) is 5.69 Å². The topological polar surface area (TPSA) is 89.3 Å². The van der Waals surface area contributed by atoms with Gasteiger partial charge in [-0.25, -0.2) is 4.68 Å². The molecule has 2 aromatic rings. The van der Waals surface area contributed by atoms with E-state index in [1.807, 2.05) is 6.07 Å². The maximum absolute atomic E-state index is 11.8. The van der Waals surface area contributed by atoms with Gasteiger partial charge < -0.3 is 15.2 Å². The van der Waals surface area contributed by atoms with Crippen LogP contribution in [0, 0.1) is 0 Å². The smallest absolute Gasteiger partial charge is 0.246 e. The maximum Gasteiger partial charge on any atom is 0.246 e. The predicted molar refractivity (Wildman–Crippen MR) is 67.6 cm³/mol. The number of anilines is 1. The molecule has 0 aliphatic carbocycles. The van der Waals surface area contributed by atoms with Crippen LogP contribution in [0.15, 0.2) is 30.5 Å². The molecule has 1 aromatic carbocycles. The Morgan fingerprint density at radius 2 is 2.26 bits per heavy atom. The van der Waals surface area contributed by atoms with E-state index >= 15 is 0 Å². The van der Waals surface area contributed by atoms with E-state index in [9.17, 15) is 4.79 Å². The zero-order valence-corrected chi connectivity index (χ0v) is 10.4. The fourth-order valence-electron chi connectivity index (χ4n) is 1.57. The van der Waals surface area contributed by atoms with Crippen molar-refractivity contribution in [3.05, 3.63) is 36.2 Å². The Morgan fingerprint density at radius 1 is 1.47 bits per heavy atom. The molecule has 7 nitrogen and oxygen atoms in total. The summed E-state index contributed by atoms with van der Waals surface area (Å²) in [4.78, 5) is 11.8. The SMILES string of the molecule is COc1ccccc1NC(=O)Cn1cc(CO)nn1. The van der Waals surface area contributed by atoms with Crippen LogP contribution < -0.4 is 10.1 Å². The highest BCUT2D eigenvalue weighted by molar-refractivity contribution is 5.92. The molecule has 0 bridgehead atoms. The van der Waals surface area contributed by atoms with Gasteiger partial charge in [0.05, 0.1) is 25.6 Å². The molecule has 0 saturated heterocycles. The molecular weight excluding hydrogens is 248 g/mol. The van der Waals surface area contributed by atoms with E-state index in [2.05, 4.69) is 15.6 Å². The van der Waals surface area contributed by atoms with E-state index in [4.69, 9.17) is 9.84 Å². The number of ether oxygens (including phenoxy) is 1. The first-order chi connectivity index (χ1) is 9.22. The number of aliphatic hydroxyl groups excluding tert-OH is 1. The lowest BCUT2D eigenvalue weighted by Gasteiger charge is -2.09. The lowest BCUT2D eigenvalue weighted by Crippen LogP contribution is -2.19. The summed E-state index contributed by atoms with van der Waals surface area (Å²) in [6, 6.07) is 7.13. The molecule has 0 radical (unpaired) electrons. The van der Waals surface area contributed by atoms with Crippen molar-refractivity contribution in [2.75, 3.05) is 12.4 Å². The molecule has 2 N–H and O–H groups in total. The molecule has 1 amide bonds. The molecule has 0 atom stereocenters. The van der Waals surface area contributed by atoms with E-state index in [0.717, 1.165) is 0 Å². The van der Waals surface area contributed by atoms with E-state index in [0.29, 0.717) is 17.1 Å². The van der Waals surface area contributed by atoms with Crippen LogP contribution >= 0.6 is 0 Å². The van der Waals surface area contributed by atoms with Crippen LogP contribution in [-0.4, -0.2) is 33.1 Å². The van der Waals surface area contributed by atoms with Gasteiger partial charge in [-0.2, -0.15) is 0 Å². The number of nitrogens with zero attached hydrogens (tertiary/aromatic N) is 3. The Balaban J connectivity index is 2.01. The zero-order valence-electron chi connectivity index (χ0n) is 10.4. The molecular formula is C12H14N4O3. The number of rotatable bonds is 5. The number of hydrogen-bond acceptors (Lipinski definition) is 5. The van der Waals surface area contributed by atoms with Crippen molar-refractivity contribution < 1.29 is 14.6 Å². The van der Waals surface area contributed by atoms with Crippen molar-refractivity contribution in [2.24, 2.45) is 0 Å². The second-order valence-electron chi connectivity index (χ2n) is 3.81. The average Bonchev–Trinajstić information content (AvgIpc) is 2.87. The van der Waals surface area contributed by atoms with Gasteiger partial charge in [-0.3, -0.25) is 4.79 Å². The van der Waals surface area contributed by atoms with Gasteiger partial charge in [0.15, 0.2) is 0 Å². The van der Waals surface area contributed by atoms with Gasteiger partial charge in [0.1, 0.15) is 18.0 Å². The third-order valence-electron chi connectivity index (χ3n) is 2.43. The second-order valence-corrected chi connectivity index (χ2v) is 3.81. The van der Waals surface area contributed by atoms with E-state index in [1.165, 1.54) is 18.0 Å². The molecule has 7 heteroatoms. The zero-order chi connectivity index (χ0) is 13.7. The van der Waals surface area contributed by atoms with Crippen molar-refractivity contribution in [1.29, 1.82) is 0 Å². The van der Waals surface area contributed by atoms with Crippen LogP contribution in [0.1, 0.15) is 5.69 Å². The molecule has 0 fully saturated rings. The number of hydrogen-bond donors (Lipinski definition) is 2. The van der Waals surface area contributed by atoms with Gasteiger partial charge in [0, 0.05) is 0 Å². The normalized spacial score (nSPS) is 10.2. The first kappa shape index (κ1) is 13.0. The summed E-state index contributed by atoms with van der Waals surface area (Å²) in [6.07, 6.45) is 1.52. The first-order valence-electron chi connectivity index (χ1n) is 5.65. The Labute approximate surface area is 109 Å². The minimum absolute atomic E-state index is 0.0189. The molecule has 0 aliphatic heterocycles. The summed E-state index contributed by atoms with van der Waals surface area (Å²) in [5.41, 5.74) is 1.02. The third kappa shape index (κ3) is 3.29. The van der Waals surface area contributed by atoms with Crippen LogP contribution in [-0.2, 0) is 17.9 Å². The standard InChI is InChI=1S/C12H14N4O3/c1-19-11-5-3-2-4-10(11)13-12(18)7-16-6-9(8-17)14-15-16/h2-6,17H,7-8H2,1H3,(H,13,18). The lowest BCUT2D eigenvalue weighted by molar-refractivity contribution is -0.116. The van der Waals surface area contributed by atoms with Gasteiger partial charge in [0.25, 0.3) is 0 Å². The Bertz CT molecular complexity index is 568. The van der Waals surface area contributed by atoms with Gasteiger partial charge >= 0.3 is 0 Å². The lowest BCUT2D eigenvalue weighted by atomic mass is 10.3. The summed E-state index contributed by atoms with van der Waals surface area (Å²) >= 11 is 0. The highest BCUT2D eigenvalue weighted by Crippen LogP contribution is 2.22. The Kier molecular flexibility index (Phi) is 4.09. The Hall–Kier alpha value is -2.41. The quantitative estimate of drug-likeness (QED) is 0.815. The number of benzene rings is 1. The number of carbonyl (C=O) groups excluding carboxylic acids is 1. The number of amides is 1. The fourth-order valence-corrected chi connectivity index (χ4v) is 1.57. The molecule has 0 unspecified atom stereocenters. The number of aromatic nitrogens is 3. The van der Waals surface area contributed by atoms with Crippen LogP contribution in [0.25, 0.3) is 0 Å². The van der Waals surface area contributed by atoms with Gasteiger partial charge in [-0.05, 0) is 12.1 Å². The van der Waals surface area contributed by atoms with Crippen LogP contribution in [0.3, 0.4) is 0 Å². The van der Waals surface area contributed by atoms with Gasteiger partial charge in [0.2, 0.25) is 5.91 Å². The van der Waals surface area contributed by atoms with Crippen LogP contribution in [0.5, 0.6) is 5.75 Å². The summed E-state index contributed by atoms with van der Waals surface area (Å²) < 4.78 is 6.49. The summed E-state index contributed by atoms with van der Waals surface area (Å²) in [7, 11) is 1.54. The molecule has 0 aliphatic rings. The first-order valence-corrected chi connectivity index (χ1v) is 5.65. The van der Waals surface area contributed by atoms with Crippen LogP contribution in [0.2, 0.25) is 0 Å². The van der Waals surface area contributed by atoms with Crippen molar-refractivity contribution >= 4 is 11.6 Å². The number of nitrogens with one attached hydrogen (secondary N) is 1.